The highest BCUT2D eigenvalue weighted by Crippen LogP contribution is 2.20. The number of primary sulfonamides is 1. The van der Waals surface area contributed by atoms with Gasteiger partial charge in [0.15, 0.2) is 0 Å². The van der Waals surface area contributed by atoms with Crippen molar-refractivity contribution in [1.29, 1.82) is 0 Å². The molecule has 0 aliphatic rings. The van der Waals surface area contributed by atoms with Crippen molar-refractivity contribution >= 4 is 15.8 Å². The molecule has 1 rings (SSSR count). The zero-order chi connectivity index (χ0) is 15.6. The minimum absolute atomic E-state index is 0.299. The van der Waals surface area contributed by atoms with E-state index in [1.165, 1.54) is 0 Å². The Bertz CT molecular complexity index is 596. The first-order chi connectivity index (χ1) is 9.00. The normalized spacial score (nSPS) is 12.6. The maximum Gasteiger partial charge on any atom is 0.411 e. The van der Waals surface area contributed by atoms with Gasteiger partial charge < -0.3 is 14.9 Å². The van der Waals surface area contributed by atoms with Crippen LogP contribution in [0, 0.1) is 10.1 Å². The van der Waals surface area contributed by atoms with Crippen LogP contribution in [0.2, 0.25) is 0 Å². The van der Waals surface area contributed by atoms with Crippen molar-refractivity contribution in [3.05, 3.63) is 16.3 Å². The molecule has 0 saturated carbocycles. The second-order valence-corrected chi connectivity index (χ2v) is 5.08. The molecule has 20 heavy (non-hydrogen) atoms. The SMILES string of the molecule is NS(=O)(=O)c1cn(CCOCC(F)(F)F)nc1[N+](=O)[O-]. The number of alkyl halides is 3. The van der Waals surface area contributed by atoms with E-state index < -0.39 is 45.1 Å². The van der Waals surface area contributed by atoms with Crippen molar-refractivity contribution < 1.29 is 31.2 Å². The smallest absolute Gasteiger partial charge is 0.370 e. The number of hydrogen-bond donors (Lipinski definition) is 1. The summed E-state index contributed by atoms with van der Waals surface area (Å²) in [5, 5.41) is 18.6. The van der Waals surface area contributed by atoms with Crippen molar-refractivity contribution in [2.45, 2.75) is 17.6 Å². The molecule has 0 saturated heterocycles. The second-order valence-electron chi connectivity index (χ2n) is 3.55. The van der Waals surface area contributed by atoms with Crippen LogP contribution in [-0.4, -0.2) is 42.5 Å². The van der Waals surface area contributed by atoms with E-state index in [4.69, 9.17) is 5.14 Å². The van der Waals surface area contributed by atoms with Gasteiger partial charge in [-0.25, -0.2) is 13.6 Å². The molecule has 0 aromatic carbocycles. The summed E-state index contributed by atoms with van der Waals surface area (Å²) in [4.78, 5) is 8.69. The summed E-state index contributed by atoms with van der Waals surface area (Å²) < 4.78 is 62.5. The lowest BCUT2D eigenvalue weighted by Crippen LogP contribution is -2.19. The molecule has 114 valence electrons. The Morgan fingerprint density at radius 3 is 2.50 bits per heavy atom. The molecule has 1 aromatic rings. The van der Waals surface area contributed by atoms with Crippen LogP contribution in [-0.2, 0) is 21.3 Å². The lowest BCUT2D eigenvalue weighted by Gasteiger charge is -2.06. The third-order valence-corrected chi connectivity index (χ3v) is 2.82. The Morgan fingerprint density at radius 2 is 2.10 bits per heavy atom. The largest absolute Gasteiger partial charge is 0.411 e. The maximum absolute atomic E-state index is 11.8. The molecule has 0 spiro atoms. The fourth-order valence-corrected chi connectivity index (χ4v) is 1.82. The number of hydrogen-bond acceptors (Lipinski definition) is 6. The zero-order valence-electron chi connectivity index (χ0n) is 9.70. The summed E-state index contributed by atoms with van der Waals surface area (Å²) in [6, 6.07) is 0. The summed E-state index contributed by atoms with van der Waals surface area (Å²) in [6.45, 7) is -2.24. The summed E-state index contributed by atoms with van der Waals surface area (Å²) in [6.07, 6.45) is -3.74. The topological polar surface area (TPSA) is 130 Å². The van der Waals surface area contributed by atoms with Gasteiger partial charge in [-0.3, -0.25) is 0 Å². The zero-order valence-corrected chi connectivity index (χ0v) is 10.5. The molecule has 1 aromatic heterocycles. The van der Waals surface area contributed by atoms with E-state index in [0.29, 0.717) is 0 Å². The molecule has 0 amide bonds. The summed E-state index contributed by atoms with van der Waals surface area (Å²) in [7, 11) is -4.36. The Labute approximate surface area is 110 Å². The Hall–Kier alpha value is -1.73. The Kier molecular flexibility index (Phi) is 4.67. The molecule has 0 atom stereocenters. The van der Waals surface area contributed by atoms with Crippen molar-refractivity contribution in [3.63, 3.8) is 0 Å². The molecular formula is C7H9F3N4O5S. The number of nitro groups is 1. The van der Waals surface area contributed by atoms with Crippen LogP contribution in [0.4, 0.5) is 19.0 Å². The lowest BCUT2D eigenvalue weighted by atomic mass is 10.6. The van der Waals surface area contributed by atoms with Crippen LogP contribution in [0.15, 0.2) is 11.1 Å². The molecule has 1 heterocycles. The highest BCUT2D eigenvalue weighted by Gasteiger charge is 2.29. The van der Waals surface area contributed by atoms with Crippen molar-refractivity contribution in [1.82, 2.24) is 9.78 Å². The summed E-state index contributed by atoms with van der Waals surface area (Å²) in [5.74, 6) is -0.997. The third kappa shape index (κ3) is 4.75. The molecule has 0 aliphatic heterocycles. The van der Waals surface area contributed by atoms with Crippen LogP contribution in [0.3, 0.4) is 0 Å². The first kappa shape index (κ1) is 16.3. The number of nitrogens with two attached hydrogens (primary N) is 1. The molecule has 2 N–H and O–H groups in total. The predicted octanol–water partition coefficient (Wildman–Crippen LogP) is 0.0176. The Balaban J connectivity index is 2.76. The molecule has 9 nitrogen and oxygen atoms in total. The number of nitrogens with zero attached hydrogens (tertiary/aromatic N) is 3. The molecule has 0 aliphatic carbocycles. The molecule has 0 radical (unpaired) electrons. The van der Waals surface area contributed by atoms with Gasteiger partial charge in [-0.05, 0) is 4.92 Å². The average Bonchev–Trinajstić information content (AvgIpc) is 2.67. The molecular weight excluding hydrogens is 309 g/mol. The first-order valence-corrected chi connectivity index (χ1v) is 6.44. The Morgan fingerprint density at radius 1 is 1.50 bits per heavy atom. The third-order valence-electron chi connectivity index (χ3n) is 1.92. The fourth-order valence-electron chi connectivity index (χ4n) is 1.18. The summed E-state index contributed by atoms with van der Waals surface area (Å²) in [5.41, 5.74) is 0. The standard InChI is InChI=1S/C7H9F3N4O5S/c8-7(9,10)4-19-2-1-13-3-5(20(11,17)18)6(12-13)14(15)16/h3H,1-2,4H2,(H2,11,17,18). The van der Waals surface area contributed by atoms with Crippen LogP contribution >= 0.6 is 0 Å². The number of rotatable bonds is 6. The van der Waals surface area contributed by atoms with E-state index in [9.17, 15) is 31.7 Å². The molecule has 0 unspecified atom stereocenters. The van der Waals surface area contributed by atoms with E-state index in [1.54, 1.807) is 0 Å². The van der Waals surface area contributed by atoms with E-state index in [0.717, 1.165) is 10.9 Å². The second kappa shape index (κ2) is 5.72. The van der Waals surface area contributed by atoms with Crippen LogP contribution in [0.5, 0.6) is 0 Å². The van der Waals surface area contributed by atoms with E-state index in [-0.39, 0.29) is 6.54 Å². The number of ether oxygens (including phenoxy) is 1. The molecule has 0 fully saturated rings. The van der Waals surface area contributed by atoms with Gasteiger partial charge in [0, 0.05) is 0 Å². The number of halogens is 3. The highest BCUT2D eigenvalue weighted by atomic mass is 32.2. The van der Waals surface area contributed by atoms with E-state index in [2.05, 4.69) is 9.84 Å². The molecule has 13 heteroatoms. The minimum Gasteiger partial charge on any atom is -0.370 e. The van der Waals surface area contributed by atoms with E-state index >= 15 is 0 Å². The van der Waals surface area contributed by atoms with Gasteiger partial charge in [0.1, 0.15) is 6.61 Å². The van der Waals surface area contributed by atoms with Crippen molar-refractivity contribution in [2.24, 2.45) is 5.14 Å². The van der Waals surface area contributed by atoms with Crippen LogP contribution in [0.25, 0.3) is 0 Å². The maximum atomic E-state index is 11.8. The monoisotopic (exact) mass is 318 g/mol. The van der Waals surface area contributed by atoms with Crippen molar-refractivity contribution in [2.75, 3.05) is 13.2 Å². The quantitative estimate of drug-likeness (QED) is 0.447. The van der Waals surface area contributed by atoms with Gasteiger partial charge >= 0.3 is 12.0 Å². The van der Waals surface area contributed by atoms with Gasteiger partial charge in [0.05, 0.1) is 24.4 Å². The van der Waals surface area contributed by atoms with Gasteiger partial charge in [-0.2, -0.15) is 17.9 Å². The van der Waals surface area contributed by atoms with Crippen molar-refractivity contribution in [3.8, 4) is 0 Å². The van der Waals surface area contributed by atoms with E-state index in [1.807, 2.05) is 0 Å². The molecule has 0 bridgehead atoms. The average molecular weight is 318 g/mol. The number of aromatic nitrogens is 2. The highest BCUT2D eigenvalue weighted by molar-refractivity contribution is 7.89. The first-order valence-electron chi connectivity index (χ1n) is 4.90. The van der Waals surface area contributed by atoms with Gasteiger partial charge in [-0.15, -0.1) is 0 Å². The van der Waals surface area contributed by atoms with Gasteiger partial charge in [-0.1, -0.05) is 0 Å². The number of sulfonamides is 1. The van der Waals surface area contributed by atoms with Crippen LogP contribution in [0.1, 0.15) is 0 Å². The predicted molar refractivity (Wildman–Crippen MR) is 57.1 cm³/mol. The van der Waals surface area contributed by atoms with Gasteiger partial charge in [0.2, 0.25) is 14.9 Å². The minimum atomic E-state index is -4.50. The van der Waals surface area contributed by atoms with Gasteiger partial charge in [0.25, 0.3) is 0 Å². The van der Waals surface area contributed by atoms with Crippen LogP contribution < -0.4 is 5.14 Å². The summed E-state index contributed by atoms with van der Waals surface area (Å²) >= 11 is 0. The lowest BCUT2D eigenvalue weighted by molar-refractivity contribution is -0.392. The fraction of sp³-hybridized carbons (Fsp3) is 0.571.